The molecule has 0 atom stereocenters. The van der Waals surface area contributed by atoms with Crippen molar-refractivity contribution in [1.82, 2.24) is 4.57 Å². The van der Waals surface area contributed by atoms with Crippen molar-refractivity contribution in [2.45, 2.75) is 0 Å². The van der Waals surface area contributed by atoms with Gasteiger partial charge in [0.25, 0.3) is 5.91 Å². The Labute approximate surface area is 146 Å². The van der Waals surface area contributed by atoms with Crippen molar-refractivity contribution < 1.29 is 9.53 Å². The lowest BCUT2D eigenvalue weighted by Crippen LogP contribution is -2.13. The minimum Gasteiger partial charge on any atom is -0.497 e. The van der Waals surface area contributed by atoms with Gasteiger partial charge in [0.05, 0.1) is 22.3 Å². The van der Waals surface area contributed by atoms with Crippen molar-refractivity contribution >= 4 is 50.7 Å². The maximum atomic E-state index is 12.3. The van der Waals surface area contributed by atoms with Crippen LogP contribution in [0, 0.1) is 0 Å². The fourth-order valence-corrected chi connectivity index (χ4v) is 4.01. The van der Waals surface area contributed by atoms with Crippen LogP contribution in [0.4, 0.5) is 0 Å². The van der Waals surface area contributed by atoms with Crippen LogP contribution in [0.5, 0.6) is 5.75 Å². The minimum atomic E-state index is -0.322. The summed E-state index contributed by atoms with van der Waals surface area (Å²) in [4.78, 5) is 17.1. The zero-order valence-electron chi connectivity index (χ0n) is 12.3. The molecule has 7 heteroatoms. The molecule has 0 bridgehead atoms. The first-order valence-electron chi connectivity index (χ1n) is 6.67. The molecule has 1 heterocycles. The first kappa shape index (κ1) is 16.1. The van der Waals surface area contributed by atoms with Gasteiger partial charge in [-0.05, 0) is 36.4 Å². The number of hydrogen-bond donors (Lipinski definition) is 0. The highest BCUT2D eigenvalue weighted by molar-refractivity contribution is 7.16. The van der Waals surface area contributed by atoms with Crippen molar-refractivity contribution in [2.75, 3.05) is 7.11 Å². The van der Waals surface area contributed by atoms with E-state index in [0.717, 1.165) is 10.2 Å². The van der Waals surface area contributed by atoms with Gasteiger partial charge in [0, 0.05) is 17.6 Å². The van der Waals surface area contributed by atoms with Crippen molar-refractivity contribution in [2.24, 2.45) is 12.0 Å². The van der Waals surface area contributed by atoms with Gasteiger partial charge in [-0.25, -0.2) is 0 Å². The van der Waals surface area contributed by atoms with Gasteiger partial charge >= 0.3 is 0 Å². The molecule has 3 aromatic rings. The zero-order chi connectivity index (χ0) is 16.6. The van der Waals surface area contributed by atoms with Crippen molar-refractivity contribution in [3.63, 3.8) is 0 Å². The highest BCUT2D eigenvalue weighted by Crippen LogP contribution is 2.29. The quantitative estimate of drug-likeness (QED) is 0.678. The van der Waals surface area contributed by atoms with E-state index in [9.17, 15) is 4.79 Å². The Morgan fingerprint density at radius 2 is 1.91 bits per heavy atom. The topological polar surface area (TPSA) is 43.6 Å². The van der Waals surface area contributed by atoms with Crippen molar-refractivity contribution in [3.8, 4) is 5.75 Å². The molecule has 118 valence electrons. The number of halogens is 2. The Bertz CT molecular complexity index is 959. The van der Waals surface area contributed by atoms with Crippen LogP contribution in [0.2, 0.25) is 10.0 Å². The van der Waals surface area contributed by atoms with Crippen LogP contribution in [0.25, 0.3) is 10.2 Å². The second-order valence-corrected chi connectivity index (χ2v) is 6.68. The number of carbonyl (C=O) groups is 1. The largest absolute Gasteiger partial charge is 0.497 e. The zero-order valence-corrected chi connectivity index (χ0v) is 14.7. The normalized spacial score (nSPS) is 11.9. The number of benzene rings is 2. The Kier molecular flexibility index (Phi) is 4.43. The van der Waals surface area contributed by atoms with E-state index in [1.165, 1.54) is 11.3 Å². The summed E-state index contributed by atoms with van der Waals surface area (Å²) >= 11 is 13.6. The molecular weight excluding hydrogens is 355 g/mol. The van der Waals surface area contributed by atoms with E-state index in [-0.39, 0.29) is 5.91 Å². The predicted molar refractivity (Wildman–Crippen MR) is 93.7 cm³/mol. The summed E-state index contributed by atoms with van der Waals surface area (Å²) < 4.78 is 7.75. The molecule has 1 amide bonds. The highest BCUT2D eigenvalue weighted by atomic mass is 35.5. The number of aryl methyl sites for hydroxylation is 1. The summed E-state index contributed by atoms with van der Waals surface area (Å²) in [6.45, 7) is 0. The summed E-state index contributed by atoms with van der Waals surface area (Å²) in [7, 11) is 3.39. The first-order chi connectivity index (χ1) is 11.0. The van der Waals surface area contributed by atoms with E-state index in [1.807, 2.05) is 13.1 Å². The maximum absolute atomic E-state index is 12.3. The number of amides is 1. The molecule has 1 aromatic heterocycles. The summed E-state index contributed by atoms with van der Waals surface area (Å²) in [6, 6.07) is 10.3. The van der Waals surface area contributed by atoms with Crippen molar-refractivity contribution in [3.05, 3.63) is 56.8 Å². The van der Waals surface area contributed by atoms with E-state index < -0.39 is 0 Å². The number of thiazole rings is 1. The Morgan fingerprint density at radius 1 is 1.22 bits per heavy atom. The number of nitrogens with zero attached hydrogens (tertiary/aromatic N) is 2. The minimum absolute atomic E-state index is 0.322. The summed E-state index contributed by atoms with van der Waals surface area (Å²) in [6.07, 6.45) is 0. The predicted octanol–water partition coefficient (Wildman–Crippen LogP) is 4.30. The van der Waals surface area contributed by atoms with E-state index >= 15 is 0 Å². The van der Waals surface area contributed by atoms with Crippen LogP contribution in [0.1, 0.15) is 10.4 Å². The third kappa shape index (κ3) is 3.13. The third-order valence-electron chi connectivity index (χ3n) is 3.35. The lowest BCUT2D eigenvalue weighted by molar-refractivity contribution is 0.0998. The Hall–Kier alpha value is -1.82. The lowest BCUT2D eigenvalue weighted by Gasteiger charge is -2.00. The van der Waals surface area contributed by atoms with E-state index in [2.05, 4.69) is 4.99 Å². The molecule has 23 heavy (non-hydrogen) atoms. The molecular formula is C16H12Cl2N2O2S. The third-order valence-corrected chi connectivity index (χ3v) is 4.94. The molecule has 0 N–H and O–H groups in total. The smallest absolute Gasteiger partial charge is 0.279 e. The molecule has 0 saturated heterocycles. The molecule has 0 fully saturated rings. The van der Waals surface area contributed by atoms with Crippen LogP contribution < -0.4 is 9.54 Å². The number of ether oxygens (including phenoxy) is 1. The lowest BCUT2D eigenvalue weighted by atomic mass is 10.2. The monoisotopic (exact) mass is 366 g/mol. The van der Waals surface area contributed by atoms with E-state index in [4.69, 9.17) is 27.9 Å². The van der Waals surface area contributed by atoms with Gasteiger partial charge in [-0.2, -0.15) is 4.99 Å². The standard InChI is InChI=1S/C16H12Cl2N2O2S/c1-20-14-12(18)7-10(17)8-13(14)23-16(20)19-15(21)9-3-5-11(22-2)6-4-9/h3-8H,1-2H3. The Morgan fingerprint density at radius 3 is 2.57 bits per heavy atom. The molecule has 0 aliphatic rings. The van der Waals surface area contributed by atoms with Crippen LogP contribution in [0.3, 0.4) is 0 Å². The number of carbonyl (C=O) groups excluding carboxylic acids is 1. The second-order valence-electron chi connectivity index (χ2n) is 4.82. The molecule has 0 saturated carbocycles. The molecule has 0 spiro atoms. The van der Waals surface area contributed by atoms with E-state index in [1.54, 1.807) is 42.0 Å². The number of hydrogen-bond acceptors (Lipinski definition) is 3. The number of fused-ring (bicyclic) bond motifs is 1. The molecule has 3 rings (SSSR count). The molecule has 0 aliphatic heterocycles. The fourth-order valence-electron chi connectivity index (χ4n) is 2.19. The second kappa shape index (κ2) is 6.35. The molecule has 2 aromatic carbocycles. The average molecular weight is 367 g/mol. The van der Waals surface area contributed by atoms with Gasteiger partial charge in [-0.3, -0.25) is 4.79 Å². The van der Waals surface area contributed by atoms with Gasteiger partial charge in [0.15, 0.2) is 4.80 Å². The summed E-state index contributed by atoms with van der Waals surface area (Å²) in [5.74, 6) is 0.368. The van der Waals surface area contributed by atoms with Gasteiger partial charge in [-0.15, -0.1) is 0 Å². The summed E-state index contributed by atoms with van der Waals surface area (Å²) in [5, 5.41) is 1.09. The fraction of sp³-hybridized carbons (Fsp3) is 0.125. The highest BCUT2D eigenvalue weighted by Gasteiger charge is 2.10. The van der Waals surface area contributed by atoms with Crippen LogP contribution in [-0.2, 0) is 7.05 Å². The number of methoxy groups -OCH3 is 1. The molecule has 0 aliphatic carbocycles. The van der Waals surface area contributed by atoms with E-state index in [0.29, 0.717) is 26.2 Å². The van der Waals surface area contributed by atoms with Gasteiger partial charge in [0.2, 0.25) is 0 Å². The number of rotatable bonds is 2. The average Bonchev–Trinajstić information content (AvgIpc) is 2.83. The molecule has 0 radical (unpaired) electrons. The van der Waals surface area contributed by atoms with Gasteiger partial charge < -0.3 is 9.30 Å². The first-order valence-corrected chi connectivity index (χ1v) is 8.24. The number of aromatic nitrogens is 1. The molecule has 4 nitrogen and oxygen atoms in total. The maximum Gasteiger partial charge on any atom is 0.279 e. The van der Waals surface area contributed by atoms with Crippen LogP contribution in [-0.4, -0.2) is 17.6 Å². The SMILES string of the molecule is COc1ccc(C(=O)N=c2sc3cc(Cl)cc(Cl)c3n2C)cc1. The van der Waals surface area contributed by atoms with Crippen molar-refractivity contribution in [1.29, 1.82) is 0 Å². The Balaban J connectivity index is 2.08. The summed E-state index contributed by atoms with van der Waals surface area (Å²) in [5.41, 5.74) is 1.30. The van der Waals surface area contributed by atoms with Gasteiger partial charge in [-0.1, -0.05) is 34.5 Å². The molecule has 0 unspecified atom stereocenters. The van der Waals surface area contributed by atoms with Gasteiger partial charge in [0.1, 0.15) is 5.75 Å². The van der Waals surface area contributed by atoms with Crippen LogP contribution >= 0.6 is 34.5 Å². The van der Waals surface area contributed by atoms with Crippen LogP contribution in [0.15, 0.2) is 41.4 Å².